The van der Waals surface area contributed by atoms with E-state index in [1.165, 1.54) is 26.2 Å². The van der Waals surface area contributed by atoms with Crippen molar-refractivity contribution in [1.82, 2.24) is 14.5 Å². The Bertz CT molecular complexity index is 756. The number of nitrogens with zero attached hydrogens (tertiary/aromatic N) is 2. The fourth-order valence-corrected chi connectivity index (χ4v) is 3.15. The smallest absolute Gasteiger partial charge is 0.241 e. The first-order chi connectivity index (χ1) is 9.86. The van der Waals surface area contributed by atoms with E-state index >= 15 is 0 Å². The van der Waals surface area contributed by atoms with Gasteiger partial charge in [0.1, 0.15) is 0 Å². The van der Waals surface area contributed by atoms with Gasteiger partial charge in [0.2, 0.25) is 10.0 Å². The molecule has 21 heavy (non-hydrogen) atoms. The maximum atomic E-state index is 13.9. The molecule has 0 radical (unpaired) electrons. The van der Waals surface area contributed by atoms with Gasteiger partial charge in [0.05, 0.1) is 24.2 Å². The van der Waals surface area contributed by atoms with Gasteiger partial charge in [-0.3, -0.25) is 4.68 Å². The summed E-state index contributed by atoms with van der Waals surface area (Å²) in [6.07, 6.45) is 1.57. The first kappa shape index (κ1) is 15.5. The molecule has 2 aromatic rings. The summed E-state index contributed by atoms with van der Waals surface area (Å²) in [6, 6.07) is 4.31. The fourth-order valence-electron chi connectivity index (χ4n) is 1.91. The molecule has 0 aliphatic carbocycles. The molecule has 1 aromatic heterocycles. The van der Waals surface area contributed by atoms with E-state index in [1.807, 2.05) is 0 Å². The van der Waals surface area contributed by atoms with Crippen LogP contribution in [0.25, 0.3) is 0 Å². The third-order valence-corrected chi connectivity index (χ3v) is 4.72. The zero-order valence-corrected chi connectivity index (χ0v) is 12.7. The van der Waals surface area contributed by atoms with Gasteiger partial charge < -0.3 is 4.74 Å². The van der Waals surface area contributed by atoms with E-state index in [0.29, 0.717) is 5.69 Å². The van der Waals surface area contributed by atoms with Crippen LogP contribution in [0.3, 0.4) is 0 Å². The molecule has 114 valence electrons. The third-order valence-electron chi connectivity index (χ3n) is 3.18. The van der Waals surface area contributed by atoms with Gasteiger partial charge in [0.15, 0.2) is 11.6 Å². The highest BCUT2D eigenvalue weighted by Gasteiger charge is 2.21. The number of sulfonamides is 1. The molecule has 1 N–H and O–H groups in total. The molecule has 0 spiro atoms. The van der Waals surface area contributed by atoms with Crippen LogP contribution in [-0.4, -0.2) is 25.3 Å². The number of hydrogen-bond donors (Lipinski definition) is 1. The molecule has 0 fully saturated rings. The van der Waals surface area contributed by atoms with Gasteiger partial charge in [0, 0.05) is 18.8 Å². The molecule has 0 aliphatic rings. The summed E-state index contributed by atoms with van der Waals surface area (Å²) in [5.41, 5.74) is 0.720. The Morgan fingerprint density at radius 1 is 1.38 bits per heavy atom. The molecule has 0 bridgehead atoms. The van der Waals surface area contributed by atoms with Gasteiger partial charge in [-0.15, -0.1) is 0 Å². The molecule has 0 amide bonds. The molecule has 0 unspecified atom stereocenters. The molecular weight excluding hydrogens is 297 g/mol. The molecule has 2 rings (SSSR count). The van der Waals surface area contributed by atoms with Crippen LogP contribution < -0.4 is 9.46 Å². The number of aryl methyl sites for hydroxylation is 1. The predicted octanol–water partition coefficient (Wildman–Crippen LogP) is 1.35. The monoisotopic (exact) mass is 313 g/mol. The number of halogens is 1. The Balaban J connectivity index is 2.28. The number of hydrogen-bond acceptors (Lipinski definition) is 4. The number of ether oxygens (including phenoxy) is 1. The van der Waals surface area contributed by atoms with E-state index in [0.717, 1.165) is 0 Å². The number of methoxy groups -OCH3 is 1. The lowest BCUT2D eigenvalue weighted by atomic mass is 10.2. The summed E-state index contributed by atoms with van der Waals surface area (Å²) >= 11 is 0. The average Bonchev–Trinajstić information content (AvgIpc) is 2.85. The van der Waals surface area contributed by atoms with Crippen LogP contribution in [-0.2, 0) is 23.6 Å². The van der Waals surface area contributed by atoms with Crippen molar-refractivity contribution < 1.29 is 17.5 Å². The summed E-state index contributed by atoms with van der Waals surface area (Å²) in [5, 5.41) is 3.95. The van der Waals surface area contributed by atoms with Crippen LogP contribution >= 0.6 is 0 Å². The van der Waals surface area contributed by atoms with Crippen LogP contribution in [0, 0.1) is 12.7 Å². The second-order valence-electron chi connectivity index (χ2n) is 4.48. The predicted molar refractivity (Wildman–Crippen MR) is 74.9 cm³/mol. The Kier molecular flexibility index (Phi) is 4.29. The molecule has 8 heteroatoms. The maximum absolute atomic E-state index is 13.9. The molecule has 1 aromatic carbocycles. The van der Waals surface area contributed by atoms with Crippen molar-refractivity contribution in [2.45, 2.75) is 18.4 Å². The second-order valence-corrected chi connectivity index (χ2v) is 6.21. The molecule has 0 saturated heterocycles. The van der Waals surface area contributed by atoms with Crippen LogP contribution in [0.5, 0.6) is 5.75 Å². The van der Waals surface area contributed by atoms with Gasteiger partial charge in [-0.2, -0.15) is 5.10 Å². The summed E-state index contributed by atoms with van der Waals surface area (Å²) in [4.78, 5) is -0.108. The lowest BCUT2D eigenvalue weighted by Gasteiger charge is -2.12. The van der Waals surface area contributed by atoms with Crippen molar-refractivity contribution in [2.24, 2.45) is 7.05 Å². The Morgan fingerprint density at radius 2 is 2.10 bits per heavy atom. The highest BCUT2D eigenvalue weighted by atomic mass is 32.2. The summed E-state index contributed by atoms with van der Waals surface area (Å²) < 4.78 is 47.3. The maximum Gasteiger partial charge on any atom is 0.241 e. The van der Waals surface area contributed by atoms with Crippen molar-refractivity contribution in [3.8, 4) is 5.75 Å². The van der Waals surface area contributed by atoms with E-state index in [9.17, 15) is 12.8 Å². The molecule has 0 saturated carbocycles. The lowest BCUT2D eigenvalue weighted by Crippen LogP contribution is -2.25. The van der Waals surface area contributed by atoms with E-state index in [2.05, 4.69) is 9.82 Å². The third kappa shape index (κ3) is 3.06. The van der Waals surface area contributed by atoms with Crippen LogP contribution in [0.4, 0.5) is 4.39 Å². The lowest BCUT2D eigenvalue weighted by molar-refractivity contribution is 0.384. The van der Waals surface area contributed by atoms with Crippen molar-refractivity contribution in [1.29, 1.82) is 0 Å². The first-order valence-corrected chi connectivity index (χ1v) is 7.64. The van der Waals surface area contributed by atoms with Gasteiger partial charge in [-0.1, -0.05) is 0 Å². The highest BCUT2D eigenvalue weighted by Crippen LogP contribution is 2.25. The zero-order valence-electron chi connectivity index (χ0n) is 11.9. The Morgan fingerprint density at radius 3 is 2.67 bits per heavy atom. The summed E-state index contributed by atoms with van der Waals surface area (Å²) in [5.74, 6) is -0.668. The minimum atomic E-state index is -3.82. The topological polar surface area (TPSA) is 73.2 Å². The van der Waals surface area contributed by atoms with Crippen molar-refractivity contribution in [3.63, 3.8) is 0 Å². The minimum Gasteiger partial charge on any atom is -0.494 e. The molecule has 1 heterocycles. The van der Waals surface area contributed by atoms with Crippen molar-refractivity contribution in [2.75, 3.05) is 7.11 Å². The number of rotatable bonds is 5. The van der Waals surface area contributed by atoms with Crippen molar-refractivity contribution >= 4 is 10.0 Å². The summed E-state index contributed by atoms with van der Waals surface area (Å²) in [6.45, 7) is 1.47. The molecular formula is C13H16FN3O3S. The summed E-state index contributed by atoms with van der Waals surface area (Å²) in [7, 11) is -0.782. The average molecular weight is 313 g/mol. The highest BCUT2D eigenvalue weighted by molar-refractivity contribution is 7.89. The SMILES string of the molecule is COc1ccc(S(=O)(=O)NCc2ccnn2C)c(C)c1F. The fraction of sp³-hybridized carbons (Fsp3) is 0.308. The zero-order chi connectivity index (χ0) is 15.6. The first-order valence-electron chi connectivity index (χ1n) is 6.16. The quantitative estimate of drug-likeness (QED) is 0.904. The minimum absolute atomic E-state index is 0.0121. The van der Waals surface area contributed by atoms with Crippen LogP contribution in [0.2, 0.25) is 0 Å². The number of aromatic nitrogens is 2. The van der Waals surface area contributed by atoms with E-state index in [4.69, 9.17) is 4.74 Å². The Hall–Kier alpha value is -1.93. The standard InChI is InChI=1S/C13H16FN3O3S/c1-9-12(5-4-11(20-3)13(9)14)21(18,19)16-8-10-6-7-15-17(10)2/h4-7,16H,8H2,1-3H3. The Labute approximate surface area is 122 Å². The molecule has 0 atom stereocenters. The van der Waals surface area contributed by atoms with E-state index in [1.54, 1.807) is 24.0 Å². The number of nitrogens with one attached hydrogen (secondary N) is 1. The van der Waals surface area contributed by atoms with Gasteiger partial charge in [0.25, 0.3) is 0 Å². The van der Waals surface area contributed by atoms with E-state index < -0.39 is 15.8 Å². The van der Waals surface area contributed by atoms with Gasteiger partial charge in [-0.05, 0) is 25.1 Å². The van der Waals surface area contributed by atoms with Gasteiger partial charge >= 0.3 is 0 Å². The second kappa shape index (κ2) is 5.82. The van der Waals surface area contributed by atoms with Crippen LogP contribution in [0.15, 0.2) is 29.3 Å². The van der Waals surface area contributed by atoms with Crippen molar-refractivity contribution in [3.05, 3.63) is 41.5 Å². The van der Waals surface area contributed by atoms with Gasteiger partial charge in [-0.25, -0.2) is 17.5 Å². The molecule has 6 nitrogen and oxygen atoms in total. The largest absolute Gasteiger partial charge is 0.494 e. The molecule has 0 aliphatic heterocycles. The van der Waals surface area contributed by atoms with E-state index in [-0.39, 0.29) is 22.8 Å². The number of benzene rings is 1. The normalized spacial score (nSPS) is 11.6. The van der Waals surface area contributed by atoms with Crippen LogP contribution in [0.1, 0.15) is 11.3 Å².